The first-order valence-corrected chi connectivity index (χ1v) is 19.9. The predicted octanol–water partition coefficient (Wildman–Crippen LogP) is 14.9. The zero-order chi connectivity index (χ0) is 51.4. The van der Waals surface area contributed by atoms with E-state index < -0.39 is 83.6 Å². The Kier molecular flexibility index (Phi) is 5.99. The molecule has 0 atom stereocenters. The minimum atomic E-state index is -0.710. The molecule has 0 aliphatic rings. The molecular formula is C57H36N4O. The monoisotopic (exact) mass is 804 g/mol. The van der Waals surface area contributed by atoms with Crippen LogP contribution < -0.4 is 0 Å². The molecule has 12 rings (SSSR count). The van der Waals surface area contributed by atoms with E-state index in [2.05, 4.69) is 0 Å². The van der Waals surface area contributed by atoms with Crippen molar-refractivity contribution in [1.29, 1.82) is 0 Å². The fourth-order valence-electron chi connectivity index (χ4n) is 8.16. The number of furan rings is 1. The summed E-state index contributed by atoms with van der Waals surface area (Å²) >= 11 is 0. The summed E-state index contributed by atoms with van der Waals surface area (Å²) in [5.41, 5.74) is 5.26. The molecule has 0 unspecified atom stereocenters. The van der Waals surface area contributed by atoms with Gasteiger partial charge in [-0.25, -0.2) is 15.0 Å². The van der Waals surface area contributed by atoms with Gasteiger partial charge in [0, 0.05) is 38.2 Å². The van der Waals surface area contributed by atoms with Crippen LogP contribution in [0.15, 0.2) is 223 Å². The van der Waals surface area contributed by atoms with Crippen molar-refractivity contribution in [1.82, 2.24) is 19.5 Å². The largest absolute Gasteiger partial charge is 0.456 e. The van der Waals surface area contributed by atoms with Gasteiger partial charge in [-0.2, -0.15) is 0 Å². The van der Waals surface area contributed by atoms with E-state index in [0.29, 0.717) is 45.1 Å². The minimum absolute atomic E-state index is 0.135. The molecule has 0 fully saturated rings. The van der Waals surface area contributed by atoms with Crippen LogP contribution >= 0.6 is 0 Å². The second-order valence-corrected chi connectivity index (χ2v) is 14.7. The number of nitrogens with zero attached hydrogens (tertiary/aromatic N) is 4. The summed E-state index contributed by atoms with van der Waals surface area (Å²) in [5.74, 6) is 0.752. The van der Waals surface area contributed by atoms with Crippen molar-refractivity contribution >= 4 is 43.7 Å². The fraction of sp³-hybridized carbons (Fsp3) is 0. The summed E-state index contributed by atoms with van der Waals surface area (Å²) in [5, 5.41) is 1.33. The maximum Gasteiger partial charge on any atom is 0.166 e. The molecule has 0 saturated carbocycles. The molecule has 9 aromatic carbocycles. The summed E-state index contributed by atoms with van der Waals surface area (Å²) < 4.78 is 116. The first kappa shape index (κ1) is 25.3. The van der Waals surface area contributed by atoms with Crippen LogP contribution in [0, 0.1) is 0 Å². The number of benzene rings is 9. The molecule has 62 heavy (non-hydrogen) atoms. The highest BCUT2D eigenvalue weighted by Gasteiger charge is 2.22. The Hall–Kier alpha value is -8.41. The van der Waals surface area contributed by atoms with Crippen LogP contribution in [0.2, 0.25) is 0 Å². The molecule has 0 N–H and O–H groups in total. The van der Waals surface area contributed by atoms with Gasteiger partial charge < -0.3 is 8.98 Å². The van der Waals surface area contributed by atoms with E-state index in [0.717, 1.165) is 27.5 Å². The van der Waals surface area contributed by atoms with Crippen LogP contribution in [0.1, 0.15) is 16.4 Å². The molecule has 0 aliphatic heterocycles. The van der Waals surface area contributed by atoms with Crippen LogP contribution in [-0.4, -0.2) is 19.5 Å². The molecule has 5 nitrogen and oxygen atoms in total. The van der Waals surface area contributed by atoms with E-state index in [1.165, 1.54) is 4.57 Å². The predicted molar refractivity (Wildman–Crippen MR) is 254 cm³/mol. The number of hydrogen-bond acceptors (Lipinski definition) is 4. The van der Waals surface area contributed by atoms with Gasteiger partial charge in [-0.15, -0.1) is 0 Å². The first-order valence-electron chi connectivity index (χ1n) is 25.9. The average Bonchev–Trinajstić information content (AvgIpc) is 4.03. The Morgan fingerprint density at radius 1 is 0.387 bits per heavy atom. The molecule has 0 bridgehead atoms. The lowest BCUT2D eigenvalue weighted by Crippen LogP contribution is -2.04. The van der Waals surface area contributed by atoms with Gasteiger partial charge in [0.25, 0.3) is 0 Å². The second-order valence-electron chi connectivity index (χ2n) is 14.7. The summed E-state index contributed by atoms with van der Waals surface area (Å²) in [6, 6.07) is 38.3. The third kappa shape index (κ3) is 6.06. The summed E-state index contributed by atoms with van der Waals surface area (Å²) in [7, 11) is 0. The van der Waals surface area contributed by atoms with Crippen molar-refractivity contribution in [2.75, 3.05) is 0 Å². The molecule has 0 saturated heterocycles. The van der Waals surface area contributed by atoms with Gasteiger partial charge in [0.15, 0.2) is 17.5 Å². The minimum Gasteiger partial charge on any atom is -0.456 e. The Labute approximate surface area is 374 Å². The van der Waals surface area contributed by atoms with Gasteiger partial charge in [-0.3, -0.25) is 0 Å². The van der Waals surface area contributed by atoms with E-state index in [9.17, 15) is 6.85 Å². The van der Waals surface area contributed by atoms with Gasteiger partial charge in [0.05, 0.1) is 33.2 Å². The van der Waals surface area contributed by atoms with E-state index in [-0.39, 0.29) is 33.3 Å². The van der Waals surface area contributed by atoms with Crippen molar-refractivity contribution in [3.63, 3.8) is 0 Å². The van der Waals surface area contributed by atoms with Crippen molar-refractivity contribution < 1.29 is 20.9 Å². The lowest BCUT2D eigenvalue weighted by atomic mass is 9.96. The maximum atomic E-state index is 9.82. The lowest BCUT2D eigenvalue weighted by molar-refractivity contribution is 0.669. The highest BCUT2D eigenvalue weighted by Crippen LogP contribution is 2.42. The van der Waals surface area contributed by atoms with Gasteiger partial charge in [-0.05, 0) is 81.8 Å². The molecule has 0 spiro atoms. The van der Waals surface area contributed by atoms with Crippen molar-refractivity contribution in [3.05, 3.63) is 218 Å². The van der Waals surface area contributed by atoms with Crippen molar-refractivity contribution in [2.24, 2.45) is 0 Å². The zero-order valence-corrected chi connectivity index (χ0v) is 32.6. The molecule has 5 heteroatoms. The molecule has 0 radical (unpaired) electrons. The number of fused-ring (bicyclic) bond motifs is 6. The van der Waals surface area contributed by atoms with Gasteiger partial charge in [-0.1, -0.05) is 170 Å². The average molecular weight is 805 g/mol. The topological polar surface area (TPSA) is 56.7 Å². The van der Waals surface area contributed by atoms with Crippen LogP contribution in [0.3, 0.4) is 0 Å². The SMILES string of the molecule is [2H]c1c([2H])c([2H])c(-c2c([2H])c([2H])c3c(c2[2H])c2c([2H])c([2H])c([2H])c([2H])c2n3-c2ccc(-c3cccc4oc5ccccc5c34)cc2-c2nc(-c3ccccc3)nc(-c3cccc(-c4ccccc4)c3)n2)c([2H])c1[2H]. The highest BCUT2D eigenvalue weighted by molar-refractivity contribution is 6.13. The normalized spacial score (nSPS) is 14.3. The Morgan fingerprint density at radius 2 is 1.05 bits per heavy atom. The summed E-state index contributed by atoms with van der Waals surface area (Å²) in [6.45, 7) is 0. The van der Waals surface area contributed by atoms with E-state index >= 15 is 0 Å². The Balaban J connectivity index is 1.23. The number of para-hydroxylation sites is 2. The standard InChI is InChI=1S/C57H36N4O/c1-4-16-37(17-5-1)40-22-14-23-43(34-40)56-58-55(39-20-8-3-9-21-39)59-57(60-56)48-36-42(44-26-15-29-53-54(44)46-25-11-13-28-52(46)62-53)31-33-51(48)61-49-27-12-10-24-45(49)47-35-41(30-32-50(47)61)38-18-6-2-7-19-38/h1-36H/i2D,6D,7D,10D,12D,18D,19D,24D,27D,30D,32D,35D. The highest BCUT2D eigenvalue weighted by atomic mass is 16.3. The van der Waals surface area contributed by atoms with Gasteiger partial charge in [0.2, 0.25) is 0 Å². The molecule has 290 valence electrons. The van der Waals surface area contributed by atoms with Crippen LogP contribution in [0.25, 0.3) is 117 Å². The molecule has 0 aliphatic carbocycles. The molecule has 0 amide bonds. The second kappa shape index (κ2) is 14.7. The van der Waals surface area contributed by atoms with E-state index in [4.69, 9.17) is 29.0 Å². The van der Waals surface area contributed by atoms with Crippen LogP contribution in [0.5, 0.6) is 0 Å². The Morgan fingerprint density at radius 3 is 1.90 bits per heavy atom. The van der Waals surface area contributed by atoms with Gasteiger partial charge in [0.1, 0.15) is 11.2 Å². The molecule has 12 aromatic rings. The maximum absolute atomic E-state index is 9.82. The number of rotatable bonds is 7. The summed E-state index contributed by atoms with van der Waals surface area (Å²) in [6.07, 6.45) is 0. The quantitative estimate of drug-likeness (QED) is 0.161. The number of hydrogen-bond donors (Lipinski definition) is 0. The van der Waals surface area contributed by atoms with Crippen molar-refractivity contribution in [2.45, 2.75) is 0 Å². The third-order valence-corrected chi connectivity index (χ3v) is 11.0. The van der Waals surface area contributed by atoms with Gasteiger partial charge >= 0.3 is 0 Å². The molecule has 3 heterocycles. The molecule has 3 aromatic heterocycles. The van der Waals surface area contributed by atoms with Crippen LogP contribution in [0.4, 0.5) is 0 Å². The third-order valence-electron chi connectivity index (χ3n) is 11.0. The summed E-state index contributed by atoms with van der Waals surface area (Å²) in [4.78, 5) is 15.4. The smallest absolute Gasteiger partial charge is 0.166 e. The lowest BCUT2D eigenvalue weighted by Gasteiger charge is -2.17. The van der Waals surface area contributed by atoms with Crippen molar-refractivity contribution in [3.8, 4) is 73.2 Å². The Bertz CT molecular complexity index is 4320. The zero-order valence-electron chi connectivity index (χ0n) is 44.6. The fourth-order valence-corrected chi connectivity index (χ4v) is 8.16. The van der Waals surface area contributed by atoms with E-state index in [1.54, 1.807) is 6.07 Å². The first-order chi connectivity index (χ1) is 35.7. The van der Waals surface area contributed by atoms with Crippen LogP contribution in [-0.2, 0) is 0 Å². The molecular weight excluding hydrogens is 757 g/mol. The van der Waals surface area contributed by atoms with E-state index in [1.807, 2.05) is 140 Å². The number of aromatic nitrogens is 4.